The zero-order valence-electron chi connectivity index (χ0n) is 13.9. The predicted molar refractivity (Wildman–Crippen MR) is 98.5 cm³/mol. The lowest BCUT2D eigenvalue weighted by Crippen LogP contribution is -2.47. The predicted octanol–water partition coefficient (Wildman–Crippen LogP) is 2.76. The Bertz CT molecular complexity index is 660. The molecule has 0 unspecified atom stereocenters. The van der Waals surface area contributed by atoms with Gasteiger partial charge < -0.3 is 5.32 Å². The second kappa shape index (κ2) is 8.33. The molecule has 1 saturated heterocycles. The van der Waals surface area contributed by atoms with Crippen LogP contribution in [0.2, 0.25) is 0 Å². The number of nitrogens with zero attached hydrogens (tertiary/aromatic N) is 2. The SMILES string of the molecule is CN(Cc1ccccc1)Sc1ccc(CN2CCNC(=O)C2)cc1. The van der Waals surface area contributed by atoms with Crippen LogP contribution in [0, 0.1) is 0 Å². The van der Waals surface area contributed by atoms with Crippen LogP contribution < -0.4 is 5.32 Å². The zero-order chi connectivity index (χ0) is 16.8. The Hall–Kier alpha value is -1.82. The number of benzene rings is 2. The fraction of sp³-hybridized carbons (Fsp3) is 0.316. The molecule has 0 saturated carbocycles. The number of piperazine rings is 1. The molecule has 0 spiro atoms. The van der Waals surface area contributed by atoms with Crippen molar-refractivity contribution < 1.29 is 4.79 Å². The molecule has 1 aliphatic rings. The molecule has 0 atom stereocenters. The van der Waals surface area contributed by atoms with Crippen molar-refractivity contribution in [2.45, 2.75) is 18.0 Å². The molecule has 1 heterocycles. The summed E-state index contributed by atoms with van der Waals surface area (Å²) in [7, 11) is 2.11. The van der Waals surface area contributed by atoms with Crippen molar-refractivity contribution in [2.75, 3.05) is 26.7 Å². The van der Waals surface area contributed by atoms with Gasteiger partial charge in [-0.15, -0.1) is 0 Å². The maximum absolute atomic E-state index is 11.4. The molecular formula is C19H23N3OS. The van der Waals surface area contributed by atoms with Crippen LogP contribution in [0.5, 0.6) is 0 Å². The van der Waals surface area contributed by atoms with Gasteiger partial charge in [-0.05, 0) is 42.3 Å². The molecule has 5 heteroatoms. The van der Waals surface area contributed by atoms with Gasteiger partial charge in [0.2, 0.25) is 5.91 Å². The second-order valence-electron chi connectivity index (χ2n) is 6.07. The standard InChI is InChI=1S/C19H23N3OS/c1-21(13-16-5-3-2-4-6-16)24-18-9-7-17(8-10-18)14-22-12-11-20-19(23)15-22/h2-10H,11-15H2,1H3,(H,20,23). The van der Waals surface area contributed by atoms with E-state index in [2.05, 4.69) is 70.1 Å². The molecule has 0 aromatic heterocycles. The molecule has 1 amide bonds. The van der Waals surface area contributed by atoms with Gasteiger partial charge in [-0.2, -0.15) is 0 Å². The molecule has 126 valence electrons. The second-order valence-corrected chi connectivity index (χ2v) is 7.34. The van der Waals surface area contributed by atoms with Gasteiger partial charge in [-0.1, -0.05) is 42.5 Å². The summed E-state index contributed by atoms with van der Waals surface area (Å²) in [5, 5.41) is 2.86. The summed E-state index contributed by atoms with van der Waals surface area (Å²) in [5.74, 6) is 0.121. The average molecular weight is 341 g/mol. The van der Waals surface area contributed by atoms with Crippen molar-refractivity contribution in [2.24, 2.45) is 0 Å². The van der Waals surface area contributed by atoms with E-state index in [9.17, 15) is 4.79 Å². The molecular weight excluding hydrogens is 318 g/mol. The van der Waals surface area contributed by atoms with Crippen LogP contribution in [0.25, 0.3) is 0 Å². The van der Waals surface area contributed by atoms with Crippen molar-refractivity contribution in [3.8, 4) is 0 Å². The third kappa shape index (κ3) is 5.09. The van der Waals surface area contributed by atoms with Crippen molar-refractivity contribution in [1.29, 1.82) is 0 Å². The maximum Gasteiger partial charge on any atom is 0.234 e. The fourth-order valence-electron chi connectivity index (χ4n) is 2.79. The minimum absolute atomic E-state index is 0.121. The summed E-state index contributed by atoms with van der Waals surface area (Å²) in [6.07, 6.45) is 0. The van der Waals surface area contributed by atoms with Crippen molar-refractivity contribution in [3.05, 3.63) is 65.7 Å². The summed E-state index contributed by atoms with van der Waals surface area (Å²) < 4.78 is 2.24. The van der Waals surface area contributed by atoms with Gasteiger partial charge in [0.25, 0.3) is 0 Å². The molecule has 3 rings (SSSR count). The first-order valence-electron chi connectivity index (χ1n) is 8.20. The third-order valence-electron chi connectivity index (χ3n) is 3.96. The summed E-state index contributed by atoms with van der Waals surface area (Å²) in [4.78, 5) is 14.8. The van der Waals surface area contributed by atoms with Crippen molar-refractivity contribution in [1.82, 2.24) is 14.5 Å². The lowest BCUT2D eigenvalue weighted by molar-refractivity contribution is -0.124. The largest absolute Gasteiger partial charge is 0.354 e. The number of nitrogens with one attached hydrogen (secondary N) is 1. The highest BCUT2D eigenvalue weighted by Gasteiger charge is 2.15. The van der Waals surface area contributed by atoms with E-state index < -0.39 is 0 Å². The number of amides is 1. The first-order valence-corrected chi connectivity index (χ1v) is 8.97. The number of carbonyl (C=O) groups is 1. The number of carbonyl (C=O) groups excluding carboxylic acids is 1. The maximum atomic E-state index is 11.4. The molecule has 1 aliphatic heterocycles. The Morgan fingerprint density at radius 1 is 1.08 bits per heavy atom. The smallest absolute Gasteiger partial charge is 0.234 e. The topological polar surface area (TPSA) is 35.6 Å². The molecule has 2 aromatic rings. The van der Waals surface area contributed by atoms with Crippen LogP contribution in [0.3, 0.4) is 0 Å². The minimum Gasteiger partial charge on any atom is -0.354 e. The molecule has 1 fully saturated rings. The number of rotatable bonds is 6. The van der Waals surface area contributed by atoms with E-state index in [4.69, 9.17) is 0 Å². The van der Waals surface area contributed by atoms with E-state index in [1.165, 1.54) is 16.0 Å². The Labute approximate surface area is 148 Å². The molecule has 0 radical (unpaired) electrons. The summed E-state index contributed by atoms with van der Waals surface area (Å²) >= 11 is 1.75. The minimum atomic E-state index is 0.121. The Kier molecular flexibility index (Phi) is 5.91. The average Bonchev–Trinajstić information content (AvgIpc) is 2.57. The van der Waals surface area contributed by atoms with Gasteiger partial charge in [0.15, 0.2) is 0 Å². The van der Waals surface area contributed by atoms with E-state index >= 15 is 0 Å². The van der Waals surface area contributed by atoms with E-state index in [-0.39, 0.29) is 5.91 Å². The monoisotopic (exact) mass is 341 g/mol. The van der Waals surface area contributed by atoms with Crippen molar-refractivity contribution >= 4 is 17.9 Å². The van der Waals surface area contributed by atoms with Crippen LogP contribution in [0.1, 0.15) is 11.1 Å². The van der Waals surface area contributed by atoms with Crippen LogP contribution in [-0.2, 0) is 17.9 Å². The van der Waals surface area contributed by atoms with Gasteiger partial charge >= 0.3 is 0 Å². The highest BCUT2D eigenvalue weighted by atomic mass is 32.2. The van der Waals surface area contributed by atoms with Crippen LogP contribution in [-0.4, -0.2) is 41.8 Å². The molecule has 2 aromatic carbocycles. The lowest BCUT2D eigenvalue weighted by atomic mass is 10.2. The van der Waals surface area contributed by atoms with Gasteiger partial charge in [0.05, 0.1) is 6.54 Å². The number of hydrogen-bond acceptors (Lipinski definition) is 4. The van der Waals surface area contributed by atoms with Gasteiger partial charge in [-0.25, -0.2) is 4.31 Å². The summed E-state index contributed by atoms with van der Waals surface area (Å²) in [6, 6.07) is 19.1. The zero-order valence-corrected chi connectivity index (χ0v) is 14.8. The van der Waals surface area contributed by atoms with Gasteiger partial charge in [-0.3, -0.25) is 9.69 Å². The molecule has 0 bridgehead atoms. The molecule has 1 N–H and O–H groups in total. The van der Waals surface area contributed by atoms with E-state index in [0.29, 0.717) is 6.54 Å². The van der Waals surface area contributed by atoms with Gasteiger partial charge in [0, 0.05) is 31.1 Å². The van der Waals surface area contributed by atoms with Crippen LogP contribution in [0.4, 0.5) is 0 Å². The third-order valence-corrected chi connectivity index (χ3v) is 4.88. The normalized spacial score (nSPS) is 15.5. The highest BCUT2D eigenvalue weighted by Crippen LogP contribution is 2.23. The Balaban J connectivity index is 1.51. The Morgan fingerprint density at radius 2 is 1.83 bits per heavy atom. The Morgan fingerprint density at radius 3 is 2.54 bits per heavy atom. The first kappa shape index (κ1) is 17.0. The molecule has 24 heavy (non-hydrogen) atoms. The molecule has 0 aliphatic carbocycles. The van der Waals surface area contributed by atoms with Crippen LogP contribution in [0.15, 0.2) is 59.5 Å². The van der Waals surface area contributed by atoms with Crippen LogP contribution >= 0.6 is 11.9 Å². The van der Waals surface area contributed by atoms with E-state index in [1.54, 1.807) is 11.9 Å². The summed E-state index contributed by atoms with van der Waals surface area (Å²) in [5.41, 5.74) is 2.56. The lowest BCUT2D eigenvalue weighted by Gasteiger charge is -2.26. The highest BCUT2D eigenvalue weighted by molar-refractivity contribution is 7.97. The van der Waals surface area contributed by atoms with E-state index in [1.807, 2.05) is 6.07 Å². The summed E-state index contributed by atoms with van der Waals surface area (Å²) in [6.45, 7) is 3.91. The van der Waals surface area contributed by atoms with Gasteiger partial charge in [0.1, 0.15) is 0 Å². The number of hydrogen-bond donors (Lipinski definition) is 1. The first-order chi connectivity index (χ1) is 11.7. The fourth-order valence-corrected chi connectivity index (χ4v) is 3.62. The quantitative estimate of drug-likeness (QED) is 0.820. The van der Waals surface area contributed by atoms with Crippen molar-refractivity contribution in [3.63, 3.8) is 0 Å². The van der Waals surface area contributed by atoms with E-state index in [0.717, 1.165) is 26.2 Å². The molecule has 4 nitrogen and oxygen atoms in total.